The lowest BCUT2D eigenvalue weighted by Crippen LogP contribution is -2.11. The number of hydrogen-bond acceptors (Lipinski definition) is 7. The highest BCUT2D eigenvalue weighted by Crippen LogP contribution is 2.21. The van der Waals surface area contributed by atoms with Crippen molar-refractivity contribution in [2.45, 2.75) is 19.9 Å². The van der Waals surface area contributed by atoms with Crippen molar-refractivity contribution >= 4 is 23.0 Å². The van der Waals surface area contributed by atoms with Crippen molar-refractivity contribution in [3.63, 3.8) is 0 Å². The van der Waals surface area contributed by atoms with Crippen LogP contribution in [0.1, 0.15) is 23.7 Å². The summed E-state index contributed by atoms with van der Waals surface area (Å²) in [5.41, 5.74) is 3.51. The van der Waals surface area contributed by atoms with Crippen LogP contribution < -0.4 is 16.6 Å². The minimum Gasteiger partial charge on any atom is -0.361 e. The Kier molecular flexibility index (Phi) is 3.50. The molecule has 0 bridgehead atoms. The molecule has 0 aromatic carbocycles. The van der Waals surface area contributed by atoms with Crippen LogP contribution in [0.2, 0.25) is 0 Å². The van der Waals surface area contributed by atoms with E-state index in [4.69, 9.17) is 5.84 Å². The lowest BCUT2D eigenvalue weighted by molar-refractivity contribution is 0.853. The third-order valence-electron chi connectivity index (χ3n) is 2.19. The summed E-state index contributed by atoms with van der Waals surface area (Å²) in [6.07, 6.45) is 1.46. The number of rotatable bonds is 4. The fourth-order valence-electron chi connectivity index (χ4n) is 1.37. The summed E-state index contributed by atoms with van der Waals surface area (Å²) in [5.74, 6) is 6.58. The molecule has 0 amide bonds. The molecule has 0 radical (unpaired) electrons. The molecule has 2 aromatic heterocycles. The first kappa shape index (κ1) is 11.7. The van der Waals surface area contributed by atoms with Crippen LogP contribution in [0.5, 0.6) is 0 Å². The van der Waals surface area contributed by atoms with E-state index in [1.807, 2.05) is 19.2 Å². The quantitative estimate of drug-likeness (QED) is 0.565. The molecular formula is C10H14N6S. The third kappa shape index (κ3) is 2.89. The molecule has 4 N–H and O–H groups in total. The number of hydrogen-bond donors (Lipinski definition) is 3. The maximum atomic E-state index is 5.29. The number of nitrogens with zero attached hydrogens (tertiary/aromatic N) is 3. The van der Waals surface area contributed by atoms with Gasteiger partial charge in [-0.2, -0.15) is 0 Å². The first-order valence-electron chi connectivity index (χ1n) is 5.16. The Hall–Kier alpha value is -1.73. The van der Waals surface area contributed by atoms with E-state index in [9.17, 15) is 0 Å². The van der Waals surface area contributed by atoms with Crippen molar-refractivity contribution in [2.24, 2.45) is 5.84 Å². The fraction of sp³-hybridized carbons (Fsp3) is 0.300. The van der Waals surface area contributed by atoms with Crippen LogP contribution in [0, 0.1) is 6.92 Å². The first-order valence-corrected chi connectivity index (χ1v) is 6.04. The molecule has 2 heterocycles. The van der Waals surface area contributed by atoms with Crippen LogP contribution in [0.3, 0.4) is 0 Å². The minimum atomic E-state index is 0.106. The van der Waals surface area contributed by atoms with Crippen LogP contribution in [0.15, 0.2) is 17.8 Å². The maximum absolute atomic E-state index is 5.29. The average Bonchev–Trinajstić information content (AvgIpc) is 2.76. The number of anilines is 2. The summed E-state index contributed by atoms with van der Waals surface area (Å²) in [6.45, 7) is 4.02. The second-order valence-corrected chi connectivity index (χ2v) is 4.52. The lowest BCUT2D eigenvalue weighted by Gasteiger charge is -2.12. The van der Waals surface area contributed by atoms with E-state index >= 15 is 0 Å². The molecule has 1 atom stereocenters. The predicted octanol–water partition coefficient (Wildman–Crippen LogP) is 1.70. The van der Waals surface area contributed by atoms with E-state index in [1.54, 1.807) is 17.4 Å². The monoisotopic (exact) mass is 250 g/mol. The second-order valence-electron chi connectivity index (χ2n) is 3.63. The summed E-state index contributed by atoms with van der Waals surface area (Å²) in [4.78, 5) is 12.5. The van der Waals surface area contributed by atoms with Crippen LogP contribution in [0.25, 0.3) is 0 Å². The molecule has 0 saturated heterocycles. The van der Waals surface area contributed by atoms with Gasteiger partial charge in [-0.3, -0.25) is 0 Å². The molecule has 0 aliphatic carbocycles. The van der Waals surface area contributed by atoms with Gasteiger partial charge in [-0.1, -0.05) is 0 Å². The second kappa shape index (κ2) is 5.07. The van der Waals surface area contributed by atoms with Gasteiger partial charge in [-0.15, -0.1) is 11.3 Å². The van der Waals surface area contributed by atoms with Crippen molar-refractivity contribution in [3.8, 4) is 0 Å². The van der Waals surface area contributed by atoms with Crippen LogP contribution in [0.4, 0.5) is 11.6 Å². The standard InChI is InChI=1S/C10H14N6S/c1-6-4-17-10(14-6)7(2)15-8-3-9(16-11)13-5-12-8/h3-5,7H,11H2,1-2H3,(H2,12,13,15,16). The Bertz CT molecular complexity index is 497. The van der Waals surface area contributed by atoms with Gasteiger partial charge >= 0.3 is 0 Å². The summed E-state index contributed by atoms with van der Waals surface area (Å²) < 4.78 is 0. The van der Waals surface area contributed by atoms with E-state index in [0.717, 1.165) is 10.7 Å². The molecule has 6 nitrogen and oxygen atoms in total. The zero-order valence-corrected chi connectivity index (χ0v) is 10.5. The number of aryl methyl sites for hydroxylation is 1. The summed E-state index contributed by atoms with van der Waals surface area (Å²) in [6, 6.07) is 1.85. The Labute approximate surface area is 103 Å². The van der Waals surface area contributed by atoms with E-state index < -0.39 is 0 Å². The molecule has 90 valence electrons. The van der Waals surface area contributed by atoms with Gasteiger partial charge in [0.2, 0.25) is 0 Å². The molecule has 0 spiro atoms. The summed E-state index contributed by atoms with van der Waals surface area (Å²) in [5, 5.41) is 6.31. The smallest absolute Gasteiger partial charge is 0.145 e. The largest absolute Gasteiger partial charge is 0.361 e. The van der Waals surface area contributed by atoms with E-state index in [1.165, 1.54) is 6.33 Å². The number of nitrogen functional groups attached to an aromatic ring is 1. The number of thiazole rings is 1. The summed E-state index contributed by atoms with van der Waals surface area (Å²) >= 11 is 1.63. The van der Waals surface area contributed by atoms with Gasteiger partial charge in [0.25, 0.3) is 0 Å². The Balaban J connectivity index is 2.09. The van der Waals surface area contributed by atoms with Crippen molar-refractivity contribution in [2.75, 3.05) is 10.7 Å². The van der Waals surface area contributed by atoms with Crippen LogP contribution >= 0.6 is 11.3 Å². The molecule has 17 heavy (non-hydrogen) atoms. The van der Waals surface area contributed by atoms with Gasteiger partial charge in [0.1, 0.15) is 23.0 Å². The van der Waals surface area contributed by atoms with Gasteiger partial charge < -0.3 is 10.7 Å². The van der Waals surface area contributed by atoms with Crippen molar-refractivity contribution < 1.29 is 0 Å². The van der Waals surface area contributed by atoms with E-state index in [2.05, 4.69) is 25.7 Å². The van der Waals surface area contributed by atoms with Gasteiger partial charge in [0.05, 0.1) is 6.04 Å². The fourth-order valence-corrected chi connectivity index (χ4v) is 2.17. The van der Waals surface area contributed by atoms with E-state index in [0.29, 0.717) is 11.6 Å². The Morgan fingerprint density at radius 2 is 2.12 bits per heavy atom. The molecule has 2 aromatic rings. The molecule has 1 unspecified atom stereocenters. The van der Waals surface area contributed by atoms with Crippen LogP contribution in [-0.2, 0) is 0 Å². The molecule has 7 heteroatoms. The third-order valence-corrected chi connectivity index (χ3v) is 3.33. The van der Waals surface area contributed by atoms with Gasteiger partial charge in [0.15, 0.2) is 0 Å². The number of hydrazine groups is 1. The predicted molar refractivity (Wildman–Crippen MR) is 68.7 cm³/mol. The highest BCUT2D eigenvalue weighted by molar-refractivity contribution is 7.09. The van der Waals surface area contributed by atoms with Crippen molar-refractivity contribution in [1.29, 1.82) is 0 Å². The molecule has 0 fully saturated rings. The van der Waals surface area contributed by atoms with Gasteiger partial charge in [-0.25, -0.2) is 20.8 Å². The van der Waals surface area contributed by atoms with Gasteiger partial charge in [0, 0.05) is 17.1 Å². The molecule has 0 saturated carbocycles. The van der Waals surface area contributed by atoms with E-state index in [-0.39, 0.29) is 6.04 Å². The highest BCUT2D eigenvalue weighted by atomic mass is 32.1. The maximum Gasteiger partial charge on any atom is 0.145 e. The molecule has 0 aliphatic heterocycles. The minimum absolute atomic E-state index is 0.106. The zero-order valence-electron chi connectivity index (χ0n) is 9.64. The molecule has 2 rings (SSSR count). The topological polar surface area (TPSA) is 88.8 Å². The molecular weight excluding hydrogens is 236 g/mol. The normalized spacial score (nSPS) is 12.2. The average molecular weight is 250 g/mol. The number of nitrogens with one attached hydrogen (secondary N) is 2. The Morgan fingerprint density at radius 1 is 1.35 bits per heavy atom. The van der Waals surface area contributed by atoms with Crippen LogP contribution in [-0.4, -0.2) is 15.0 Å². The molecule has 0 aliphatic rings. The Morgan fingerprint density at radius 3 is 2.76 bits per heavy atom. The SMILES string of the molecule is Cc1csc(C(C)Nc2cc(NN)ncn2)n1. The van der Waals surface area contributed by atoms with Gasteiger partial charge in [-0.05, 0) is 13.8 Å². The van der Waals surface area contributed by atoms with Crippen molar-refractivity contribution in [3.05, 3.63) is 28.5 Å². The zero-order chi connectivity index (χ0) is 12.3. The first-order chi connectivity index (χ1) is 8.19. The highest BCUT2D eigenvalue weighted by Gasteiger charge is 2.10. The lowest BCUT2D eigenvalue weighted by atomic mass is 10.3. The van der Waals surface area contributed by atoms with Crippen molar-refractivity contribution in [1.82, 2.24) is 15.0 Å². The number of nitrogens with two attached hydrogens (primary N) is 1. The summed E-state index contributed by atoms with van der Waals surface area (Å²) in [7, 11) is 0. The number of aromatic nitrogens is 3.